The van der Waals surface area contributed by atoms with Crippen LogP contribution in [-0.4, -0.2) is 31.3 Å². The zero-order chi connectivity index (χ0) is 21.9. The topological polar surface area (TPSA) is 67.8 Å². The van der Waals surface area contributed by atoms with Crippen molar-refractivity contribution in [3.05, 3.63) is 70.9 Å². The first-order chi connectivity index (χ1) is 14.2. The van der Waals surface area contributed by atoms with Crippen molar-refractivity contribution in [3.63, 3.8) is 0 Å². The largest absolute Gasteiger partial charge is 0.311 e. The second-order valence-corrected chi connectivity index (χ2v) is 8.92. The molecule has 0 bridgehead atoms. The Morgan fingerprint density at radius 2 is 1.87 bits per heavy atom. The van der Waals surface area contributed by atoms with Gasteiger partial charge >= 0.3 is 0 Å². The molecule has 5 nitrogen and oxygen atoms in total. The lowest BCUT2D eigenvalue weighted by atomic mass is 10.0. The molecule has 1 N–H and O–H groups in total. The molecular weight excluding hydrogens is 406 g/mol. The average Bonchev–Trinajstić information content (AvgIpc) is 2.67. The molecule has 0 amide bonds. The summed E-state index contributed by atoms with van der Waals surface area (Å²) >= 11 is 0. The maximum atomic E-state index is 14.4. The van der Waals surface area contributed by atoms with E-state index < -0.39 is 21.3 Å². The van der Waals surface area contributed by atoms with E-state index in [2.05, 4.69) is 37.4 Å². The minimum absolute atomic E-state index is 0.0951. The number of nitrogens with one attached hydrogen (secondary N) is 1. The minimum Gasteiger partial charge on any atom is -0.311 e. The third kappa shape index (κ3) is 4.81. The Kier molecular flexibility index (Phi) is 6.13. The zero-order valence-corrected chi connectivity index (χ0v) is 17.6. The normalized spacial score (nSPS) is 12.6. The number of hydrogen-bond donors (Lipinski definition) is 1. The predicted octanol–water partition coefficient (Wildman–Crippen LogP) is 3.76. The molecule has 8 heteroatoms. The number of hydrogen-bond acceptors (Lipinski definition) is 4. The molecule has 0 aliphatic heterocycles. The highest BCUT2D eigenvalue weighted by molar-refractivity contribution is 8.00. The van der Waals surface area contributed by atoms with Gasteiger partial charge in [0.05, 0.1) is 33.9 Å². The summed E-state index contributed by atoms with van der Waals surface area (Å²) in [7, 11) is -2.49. The summed E-state index contributed by atoms with van der Waals surface area (Å²) in [6.07, 6.45) is 4.82. The molecule has 30 heavy (non-hydrogen) atoms. The van der Waals surface area contributed by atoms with Crippen molar-refractivity contribution in [2.24, 2.45) is 0 Å². The van der Waals surface area contributed by atoms with Crippen LogP contribution in [0, 0.1) is 30.4 Å². The first-order valence-corrected chi connectivity index (χ1v) is 11.2. The summed E-state index contributed by atoms with van der Waals surface area (Å²) in [6, 6.07) is 5.34. The Bertz CT molecular complexity index is 1260. The van der Waals surface area contributed by atoms with Crippen molar-refractivity contribution >= 4 is 21.3 Å². The van der Waals surface area contributed by atoms with Gasteiger partial charge in [0.1, 0.15) is 18.0 Å². The zero-order valence-electron chi connectivity index (χ0n) is 16.8. The third-order valence-corrected chi connectivity index (χ3v) is 4.86. The van der Waals surface area contributed by atoms with E-state index in [1.165, 1.54) is 30.8 Å². The van der Waals surface area contributed by atoms with Gasteiger partial charge in [0.2, 0.25) is 0 Å². The number of rotatable bonds is 4. The molecule has 1 atom stereocenters. The molecule has 0 spiro atoms. The van der Waals surface area contributed by atoms with Crippen molar-refractivity contribution in [2.45, 2.75) is 20.3 Å². The molecule has 2 aromatic heterocycles. The fourth-order valence-corrected chi connectivity index (χ4v) is 3.48. The number of benzene rings is 1. The summed E-state index contributed by atoms with van der Waals surface area (Å²) in [6.45, 7) is 3.64. The Hall–Kier alpha value is -3.31. The lowest BCUT2D eigenvalue weighted by molar-refractivity contribution is 0.588. The number of aromatic nitrogens is 3. The molecule has 0 aliphatic carbocycles. The van der Waals surface area contributed by atoms with Crippen molar-refractivity contribution in [3.8, 4) is 23.1 Å². The van der Waals surface area contributed by atoms with Gasteiger partial charge in [-0.15, -0.1) is 0 Å². The summed E-state index contributed by atoms with van der Waals surface area (Å²) in [4.78, 5) is 12.6. The van der Waals surface area contributed by atoms with E-state index >= 15 is 0 Å². The molecule has 0 aliphatic rings. The first-order valence-electron chi connectivity index (χ1n) is 9.06. The van der Waals surface area contributed by atoms with Crippen LogP contribution in [0.2, 0.25) is 0 Å². The van der Waals surface area contributed by atoms with Gasteiger partial charge in [-0.25, -0.2) is 23.0 Å². The van der Waals surface area contributed by atoms with Gasteiger partial charge in [-0.05, 0) is 37.4 Å². The third-order valence-electron chi connectivity index (χ3n) is 4.20. The van der Waals surface area contributed by atoms with E-state index in [4.69, 9.17) is 0 Å². The maximum Gasteiger partial charge on any atom is 0.135 e. The predicted molar refractivity (Wildman–Crippen MR) is 117 cm³/mol. The molecule has 0 saturated heterocycles. The van der Waals surface area contributed by atoms with Crippen molar-refractivity contribution in [2.75, 3.05) is 11.0 Å². The SMILES string of the molecule is C=S(C)(=O)Nc1cc(C#Cc2c(CC)ncnc2-c2c(F)cccc2F)cnc1C. The van der Waals surface area contributed by atoms with E-state index in [0.29, 0.717) is 34.6 Å². The average molecular weight is 426 g/mol. The van der Waals surface area contributed by atoms with Crippen LogP contribution in [0.5, 0.6) is 0 Å². The molecule has 1 unspecified atom stereocenters. The minimum atomic E-state index is -2.49. The van der Waals surface area contributed by atoms with Crippen LogP contribution < -0.4 is 4.72 Å². The molecule has 0 radical (unpaired) electrons. The summed E-state index contributed by atoms with van der Waals surface area (Å²) < 4.78 is 43.5. The van der Waals surface area contributed by atoms with Crippen molar-refractivity contribution in [1.29, 1.82) is 0 Å². The molecule has 1 aromatic carbocycles. The van der Waals surface area contributed by atoms with E-state index in [1.807, 2.05) is 6.92 Å². The first kappa shape index (κ1) is 21.4. The second kappa shape index (κ2) is 8.59. The van der Waals surface area contributed by atoms with Gasteiger partial charge in [0.15, 0.2) is 0 Å². The van der Waals surface area contributed by atoms with Gasteiger partial charge in [-0.1, -0.05) is 24.8 Å². The molecule has 3 rings (SSSR count). The molecule has 0 saturated carbocycles. The quantitative estimate of drug-likeness (QED) is 0.510. The number of nitrogens with zero attached hydrogens (tertiary/aromatic N) is 3. The van der Waals surface area contributed by atoms with Crippen LogP contribution in [0.1, 0.15) is 29.4 Å². The Morgan fingerprint density at radius 3 is 2.50 bits per heavy atom. The number of pyridine rings is 1. The smallest absolute Gasteiger partial charge is 0.135 e. The lowest BCUT2D eigenvalue weighted by Gasteiger charge is -2.10. The van der Waals surface area contributed by atoms with Crippen molar-refractivity contribution in [1.82, 2.24) is 15.0 Å². The van der Waals surface area contributed by atoms with E-state index in [-0.39, 0.29) is 11.3 Å². The fraction of sp³-hybridized carbons (Fsp3) is 0.182. The summed E-state index contributed by atoms with van der Waals surface area (Å²) in [5.41, 5.74) is 2.48. The molecule has 154 valence electrons. The van der Waals surface area contributed by atoms with Crippen LogP contribution in [0.3, 0.4) is 0 Å². The molecule has 3 aromatic rings. The van der Waals surface area contributed by atoms with E-state index in [1.54, 1.807) is 19.2 Å². The van der Waals surface area contributed by atoms with E-state index in [0.717, 1.165) is 0 Å². The van der Waals surface area contributed by atoms with Gasteiger partial charge in [0.25, 0.3) is 0 Å². The Morgan fingerprint density at radius 1 is 1.17 bits per heavy atom. The molecule has 2 heterocycles. The standard InChI is InChI=1S/C22H20F2N4OS/c1-5-19-16(22(27-13-26-19)21-17(23)7-6-8-18(21)24)10-9-15-11-20(14(2)25-12-15)28-30(3,4)29/h6-8,11-13H,3,5H2,1-2,4H3,(H,28,29). The number of aryl methyl sites for hydroxylation is 2. The summed E-state index contributed by atoms with van der Waals surface area (Å²) in [5, 5.41) is 0. The van der Waals surface area contributed by atoms with Crippen molar-refractivity contribution < 1.29 is 13.0 Å². The van der Waals surface area contributed by atoms with Crippen LogP contribution >= 0.6 is 0 Å². The second-order valence-electron chi connectivity index (χ2n) is 6.71. The van der Waals surface area contributed by atoms with Gasteiger partial charge in [-0.3, -0.25) is 4.98 Å². The van der Waals surface area contributed by atoms with Gasteiger partial charge < -0.3 is 4.72 Å². The van der Waals surface area contributed by atoms with E-state index in [9.17, 15) is 13.0 Å². The Balaban J connectivity index is 2.14. The highest BCUT2D eigenvalue weighted by Gasteiger charge is 2.18. The van der Waals surface area contributed by atoms with Crippen LogP contribution in [-0.2, 0) is 16.1 Å². The van der Waals surface area contributed by atoms with Crippen LogP contribution in [0.4, 0.5) is 14.5 Å². The molecule has 0 fully saturated rings. The number of halogens is 2. The fourth-order valence-electron chi connectivity index (χ4n) is 2.81. The summed E-state index contributed by atoms with van der Waals surface area (Å²) in [5.74, 6) is 8.02. The van der Waals surface area contributed by atoms with Gasteiger partial charge in [0, 0.05) is 27.7 Å². The van der Waals surface area contributed by atoms with Crippen LogP contribution in [0.15, 0.2) is 36.8 Å². The van der Waals surface area contributed by atoms with Crippen LogP contribution in [0.25, 0.3) is 11.3 Å². The monoisotopic (exact) mass is 426 g/mol. The lowest BCUT2D eigenvalue weighted by Crippen LogP contribution is -2.11. The maximum absolute atomic E-state index is 14.4. The Labute approximate surface area is 174 Å². The highest BCUT2D eigenvalue weighted by atomic mass is 32.2. The molecular formula is C22H20F2N4OS. The van der Waals surface area contributed by atoms with Gasteiger partial charge in [-0.2, -0.15) is 0 Å². The highest BCUT2D eigenvalue weighted by Crippen LogP contribution is 2.28. The number of anilines is 1.